The Hall–Kier alpha value is -1.98. The smallest absolute Gasteiger partial charge is 0.475 e. The lowest BCUT2D eigenvalue weighted by Gasteiger charge is -2.18. The first-order valence-corrected chi connectivity index (χ1v) is 10.4. The molecular weight excluding hydrogens is 427 g/mol. The minimum atomic E-state index is -5.08. The number of aromatic nitrogens is 1. The number of hydrogen-bond acceptors (Lipinski definition) is 6. The van der Waals surface area contributed by atoms with Crippen LogP contribution in [-0.4, -0.2) is 65.1 Å². The van der Waals surface area contributed by atoms with Crippen LogP contribution in [0.15, 0.2) is 12.1 Å². The molecule has 2 aromatic rings. The number of carbonyl (C=O) groups excluding carboxylic acids is 1. The Balaban J connectivity index is 0.000000370. The molecule has 3 heterocycles. The molecule has 2 aromatic heterocycles. The molecule has 0 fully saturated rings. The summed E-state index contributed by atoms with van der Waals surface area (Å²) in [4.78, 5) is 33.7. The standard InChI is InChI=1S/C16H21N3OS2.C2HF3O2/c1-11-4-5-12(21-11)10-19-8-6-13-14(7-9-19)22-15(17-13)16(20)18(2)3;3-2(4,5)1(6)7/h4-5H,6-10H2,1-3H3;(H,6,7). The summed E-state index contributed by atoms with van der Waals surface area (Å²) in [5.41, 5.74) is 1.13. The average Bonchev–Trinajstić information content (AvgIpc) is 3.17. The normalized spacial score (nSPS) is 14.4. The number of alkyl halides is 3. The zero-order chi connectivity index (χ0) is 21.8. The molecule has 0 saturated heterocycles. The summed E-state index contributed by atoms with van der Waals surface area (Å²) in [7, 11) is 3.55. The maximum absolute atomic E-state index is 12.0. The van der Waals surface area contributed by atoms with E-state index in [0.29, 0.717) is 5.01 Å². The van der Waals surface area contributed by atoms with Crippen molar-refractivity contribution >= 4 is 34.6 Å². The van der Waals surface area contributed by atoms with Gasteiger partial charge in [0.25, 0.3) is 5.91 Å². The number of rotatable bonds is 3. The van der Waals surface area contributed by atoms with Crippen molar-refractivity contribution in [1.29, 1.82) is 0 Å². The number of hydrogen-bond donors (Lipinski definition) is 1. The van der Waals surface area contributed by atoms with Crippen LogP contribution in [0.5, 0.6) is 0 Å². The summed E-state index contributed by atoms with van der Waals surface area (Å²) in [5, 5.41) is 7.76. The third kappa shape index (κ3) is 6.79. The molecule has 1 aliphatic rings. The number of carbonyl (C=O) groups is 2. The number of aryl methyl sites for hydroxylation is 1. The van der Waals surface area contributed by atoms with Crippen molar-refractivity contribution in [3.63, 3.8) is 0 Å². The Morgan fingerprint density at radius 3 is 2.34 bits per heavy atom. The van der Waals surface area contributed by atoms with Gasteiger partial charge in [-0.05, 0) is 25.5 Å². The lowest BCUT2D eigenvalue weighted by Crippen LogP contribution is -2.25. The van der Waals surface area contributed by atoms with Gasteiger partial charge in [-0.15, -0.1) is 22.7 Å². The van der Waals surface area contributed by atoms with E-state index in [4.69, 9.17) is 9.90 Å². The van der Waals surface area contributed by atoms with Crippen molar-refractivity contribution in [3.05, 3.63) is 37.5 Å². The second kappa shape index (κ2) is 9.68. The number of amides is 1. The fraction of sp³-hybridized carbons (Fsp3) is 0.500. The van der Waals surface area contributed by atoms with E-state index >= 15 is 0 Å². The minimum absolute atomic E-state index is 0.0176. The quantitative estimate of drug-likeness (QED) is 0.777. The summed E-state index contributed by atoms with van der Waals surface area (Å²) in [6.45, 7) is 5.24. The van der Waals surface area contributed by atoms with E-state index < -0.39 is 12.1 Å². The van der Waals surface area contributed by atoms with Crippen molar-refractivity contribution in [3.8, 4) is 0 Å². The second-order valence-corrected chi connectivity index (χ2v) is 9.14. The van der Waals surface area contributed by atoms with Crippen LogP contribution >= 0.6 is 22.7 Å². The average molecular weight is 450 g/mol. The lowest BCUT2D eigenvalue weighted by molar-refractivity contribution is -0.192. The highest BCUT2D eigenvalue weighted by Gasteiger charge is 2.38. The SMILES string of the molecule is Cc1ccc(CN2CCc3nc(C(=O)N(C)C)sc3CC2)s1.O=C(O)C(F)(F)F. The van der Waals surface area contributed by atoms with Gasteiger partial charge >= 0.3 is 12.1 Å². The molecule has 1 amide bonds. The highest BCUT2D eigenvalue weighted by atomic mass is 32.1. The summed E-state index contributed by atoms with van der Waals surface area (Å²) in [6.07, 6.45) is -3.14. The number of halogens is 3. The maximum Gasteiger partial charge on any atom is 0.490 e. The predicted octanol–water partition coefficient (Wildman–Crippen LogP) is 3.45. The fourth-order valence-corrected chi connectivity index (χ4v) is 4.69. The van der Waals surface area contributed by atoms with Crippen molar-refractivity contribution in [2.24, 2.45) is 0 Å². The van der Waals surface area contributed by atoms with Crippen LogP contribution in [0, 0.1) is 6.92 Å². The molecule has 160 valence electrons. The van der Waals surface area contributed by atoms with Gasteiger partial charge in [-0.3, -0.25) is 9.69 Å². The topological polar surface area (TPSA) is 73.7 Å². The highest BCUT2D eigenvalue weighted by Crippen LogP contribution is 2.25. The molecule has 0 radical (unpaired) electrons. The van der Waals surface area contributed by atoms with E-state index in [1.807, 2.05) is 11.3 Å². The number of fused-ring (bicyclic) bond motifs is 1. The summed E-state index contributed by atoms with van der Waals surface area (Å²) >= 11 is 3.45. The van der Waals surface area contributed by atoms with Gasteiger partial charge in [-0.2, -0.15) is 13.2 Å². The molecule has 0 spiro atoms. The van der Waals surface area contributed by atoms with Crippen LogP contribution in [0.2, 0.25) is 0 Å². The Morgan fingerprint density at radius 1 is 1.21 bits per heavy atom. The Bertz CT molecular complexity index is 837. The third-order valence-electron chi connectivity index (χ3n) is 4.11. The maximum atomic E-state index is 12.0. The molecule has 0 aliphatic carbocycles. The number of thiazole rings is 1. The van der Waals surface area contributed by atoms with E-state index in [0.717, 1.165) is 38.2 Å². The zero-order valence-electron chi connectivity index (χ0n) is 16.2. The van der Waals surface area contributed by atoms with Crippen LogP contribution in [-0.2, 0) is 24.2 Å². The summed E-state index contributed by atoms with van der Waals surface area (Å²) in [6, 6.07) is 4.42. The van der Waals surface area contributed by atoms with Crippen LogP contribution in [0.1, 0.15) is 30.1 Å². The minimum Gasteiger partial charge on any atom is -0.475 e. The first-order valence-electron chi connectivity index (χ1n) is 8.75. The molecule has 0 saturated carbocycles. The number of thiophene rings is 1. The van der Waals surface area contributed by atoms with Crippen molar-refractivity contribution in [2.75, 3.05) is 27.2 Å². The van der Waals surface area contributed by atoms with Gasteiger partial charge in [0, 0.05) is 54.8 Å². The van der Waals surface area contributed by atoms with Crippen molar-refractivity contribution in [1.82, 2.24) is 14.8 Å². The molecule has 1 aliphatic heterocycles. The monoisotopic (exact) mass is 449 g/mol. The molecule has 0 unspecified atom stereocenters. The van der Waals surface area contributed by atoms with Crippen molar-refractivity contribution < 1.29 is 27.9 Å². The largest absolute Gasteiger partial charge is 0.490 e. The first kappa shape index (κ1) is 23.3. The molecule has 11 heteroatoms. The second-order valence-electron chi connectivity index (χ2n) is 6.68. The van der Waals surface area contributed by atoms with Crippen LogP contribution in [0.25, 0.3) is 0 Å². The number of nitrogens with zero attached hydrogens (tertiary/aromatic N) is 3. The predicted molar refractivity (Wildman–Crippen MR) is 106 cm³/mol. The Labute approximate surface area is 174 Å². The Kier molecular flexibility index (Phi) is 7.78. The van der Waals surface area contributed by atoms with Crippen LogP contribution in [0.4, 0.5) is 13.2 Å². The van der Waals surface area contributed by atoms with E-state index in [-0.39, 0.29) is 5.91 Å². The fourth-order valence-electron chi connectivity index (χ4n) is 2.64. The molecule has 0 aromatic carbocycles. The number of aliphatic carboxylic acids is 1. The summed E-state index contributed by atoms with van der Waals surface area (Å²) in [5.74, 6) is -2.74. The van der Waals surface area contributed by atoms with Crippen LogP contribution < -0.4 is 0 Å². The van der Waals surface area contributed by atoms with Crippen LogP contribution in [0.3, 0.4) is 0 Å². The third-order valence-corrected chi connectivity index (χ3v) is 6.24. The highest BCUT2D eigenvalue weighted by molar-refractivity contribution is 7.13. The van der Waals surface area contributed by atoms with E-state index in [1.54, 1.807) is 30.3 Å². The number of carboxylic acids is 1. The molecule has 0 atom stereocenters. The molecule has 6 nitrogen and oxygen atoms in total. The van der Waals surface area contributed by atoms with Gasteiger partial charge in [0.05, 0.1) is 5.69 Å². The molecule has 0 bridgehead atoms. The lowest BCUT2D eigenvalue weighted by atomic mass is 10.2. The zero-order valence-corrected chi connectivity index (χ0v) is 17.9. The van der Waals surface area contributed by atoms with Gasteiger partial charge < -0.3 is 10.0 Å². The van der Waals surface area contributed by atoms with Crippen molar-refractivity contribution in [2.45, 2.75) is 32.5 Å². The first-order chi connectivity index (χ1) is 13.5. The molecule has 29 heavy (non-hydrogen) atoms. The van der Waals surface area contributed by atoms with Gasteiger partial charge in [0.2, 0.25) is 0 Å². The van der Waals surface area contributed by atoms with E-state index in [9.17, 15) is 18.0 Å². The van der Waals surface area contributed by atoms with E-state index in [1.165, 1.54) is 14.6 Å². The Morgan fingerprint density at radius 2 is 1.83 bits per heavy atom. The molecular formula is C18H22F3N3O3S2. The molecule has 3 rings (SSSR count). The van der Waals surface area contributed by atoms with Gasteiger partial charge in [0.15, 0.2) is 5.01 Å². The summed E-state index contributed by atoms with van der Waals surface area (Å²) < 4.78 is 31.7. The van der Waals surface area contributed by atoms with Gasteiger partial charge in [-0.25, -0.2) is 9.78 Å². The van der Waals surface area contributed by atoms with E-state index in [2.05, 4.69) is 28.9 Å². The van der Waals surface area contributed by atoms with Gasteiger partial charge in [0.1, 0.15) is 0 Å². The number of carboxylic acid groups (broad SMARTS) is 1. The van der Waals surface area contributed by atoms with Gasteiger partial charge in [-0.1, -0.05) is 0 Å². The molecule has 1 N–H and O–H groups in total.